The standard InChI is InChI=1S/C17H20FN3O4/c1-17(2,3)21(16(23)24)9-8-19-15(22)13-14(25-10-20-13)11-4-6-12(18)7-5-11/h4-7,10H,8-9H2,1-3H3,(H,19,22)(H,23,24). The SMILES string of the molecule is CC(C)(C)N(CCNC(=O)c1ncoc1-c1ccc(F)cc1)C(=O)O. The van der Waals surface area contributed by atoms with Gasteiger partial charge in [0.2, 0.25) is 0 Å². The summed E-state index contributed by atoms with van der Waals surface area (Å²) in [6.45, 7) is 5.57. The van der Waals surface area contributed by atoms with E-state index in [1.165, 1.54) is 29.2 Å². The zero-order valence-electron chi connectivity index (χ0n) is 14.2. The Labute approximate surface area is 144 Å². The molecule has 0 atom stereocenters. The van der Waals surface area contributed by atoms with Crippen LogP contribution in [0, 0.1) is 5.82 Å². The molecular formula is C17H20FN3O4. The van der Waals surface area contributed by atoms with E-state index in [1.807, 2.05) is 0 Å². The first-order valence-electron chi connectivity index (χ1n) is 7.68. The number of amides is 2. The molecule has 0 fully saturated rings. The number of carbonyl (C=O) groups is 2. The van der Waals surface area contributed by atoms with Gasteiger partial charge >= 0.3 is 6.09 Å². The lowest BCUT2D eigenvalue weighted by Crippen LogP contribution is -2.48. The zero-order valence-corrected chi connectivity index (χ0v) is 14.2. The average Bonchev–Trinajstić information content (AvgIpc) is 3.00. The molecule has 0 bridgehead atoms. The lowest BCUT2D eigenvalue weighted by Gasteiger charge is -2.33. The number of nitrogens with zero attached hydrogens (tertiary/aromatic N) is 2. The second-order valence-electron chi connectivity index (χ2n) is 6.40. The molecule has 2 amide bonds. The van der Waals surface area contributed by atoms with E-state index in [0.29, 0.717) is 5.56 Å². The minimum absolute atomic E-state index is 0.0595. The number of rotatable bonds is 5. The Bertz CT molecular complexity index is 750. The average molecular weight is 349 g/mol. The number of nitrogens with one attached hydrogen (secondary N) is 1. The number of aromatic nitrogens is 1. The van der Waals surface area contributed by atoms with Gasteiger partial charge in [-0.3, -0.25) is 4.79 Å². The van der Waals surface area contributed by atoms with Crippen molar-refractivity contribution in [1.82, 2.24) is 15.2 Å². The summed E-state index contributed by atoms with van der Waals surface area (Å²) in [5, 5.41) is 11.9. The molecule has 134 valence electrons. The minimum atomic E-state index is -1.06. The molecule has 0 aliphatic heterocycles. The van der Waals surface area contributed by atoms with E-state index in [0.717, 1.165) is 6.39 Å². The quantitative estimate of drug-likeness (QED) is 0.865. The predicted molar refractivity (Wildman–Crippen MR) is 88.7 cm³/mol. The van der Waals surface area contributed by atoms with E-state index in [1.54, 1.807) is 20.8 Å². The molecule has 2 rings (SSSR count). The molecule has 0 aliphatic carbocycles. The predicted octanol–water partition coefficient (Wildman–Crippen LogP) is 2.99. The molecule has 0 spiro atoms. The molecule has 0 unspecified atom stereocenters. The highest BCUT2D eigenvalue weighted by molar-refractivity contribution is 5.97. The maximum absolute atomic E-state index is 13.0. The molecule has 2 aromatic rings. The van der Waals surface area contributed by atoms with Crippen molar-refractivity contribution in [3.63, 3.8) is 0 Å². The number of hydrogen-bond donors (Lipinski definition) is 2. The largest absolute Gasteiger partial charge is 0.465 e. The highest BCUT2D eigenvalue weighted by atomic mass is 19.1. The molecule has 1 heterocycles. The van der Waals surface area contributed by atoms with Crippen molar-refractivity contribution in [1.29, 1.82) is 0 Å². The van der Waals surface area contributed by atoms with Crippen LogP contribution in [0.15, 0.2) is 35.1 Å². The summed E-state index contributed by atoms with van der Waals surface area (Å²) >= 11 is 0. The van der Waals surface area contributed by atoms with Gasteiger partial charge in [-0.25, -0.2) is 14.2 Å². The van der Waals surface area contributed by atoms with Crippen molar-refractivity contribution in [3.05, 3.63) is 42.2 Å². The van der Waals surface area contributed by atoms with Gasteiger partial charge in [0.15, 0.2) is 17.8 Å². The second kappa shape index (κ2) is 7.33. The fraction of sp³-hybridized carbons (Fsp3) is 0.353. The van der Waals surface area contributed by atoms with Crippen LogP contribution in [0.5, 0.6) is 0 Å². The summed E-state index contributed by atoms with van der Waals surface area (Å²) in [5.41, 5.74) is -0.000801. The van der Waals surface area contributed by atoms with Crippen molar-refractivity contribution in [2.45, 2.75) is 26.3 Å². The Morgan fingerprint density at radius 3 is 2.48 bits per heavy atom. The van der Waals surface area contributed by atoms with Crippen molar-refractivity contribution in [2.24, 2.45) is 0 Å². The van der Waals surface area contributed by atoms with Gasteiger partial charge in [0.05, 0.1) is 0 Å². The summed E-state index contributed by atoms with van der Waals surface area (Å²) in [4.78, 5) is 28.7. The van der Waals surface area contributed by atoms with E-state index >= 15 is 0 Å². The highest BCUT2D eigenvalue weighted by Gasteiger charge is 2.26. The van der Waals surface area contributed by atoms with Crippen molar-refractivity contribution in [2.75, 3.05) is 13.1 Å². The van der Waals surface area contributed by atoms with Crippen molar-refractivity contribution in [3.8, 4) is 11.3 Å². The van der Waals surface area contributed by atoms with Gasteiger partial charge in [0, 0.05) is 24.2 Å². The number of carbonyl (C=O) groups excluding carboxylic acids is 1. The topological polar surface area (TPSA) is 95.7 Å². The second-order valence-corrected chi connectivity index (χ2v) is 6.40. The van der Waals surface area contributed by atoms with E-state index in [9.17, 15) is 19.1 Å². The highest BCUT2D eigenvalue weighted by Crippen LogP contribution is 2.23. The lowest BCUT2D eigenvalue weighted by atomic mass is 10.1. The molecular weight excluding hydrogens is 329 g/mol. The molecule has 8 heteroatoms. The Kier molecular flexibility index (Phi) is 5.41. The number of carboxylic acid groups (broad SMARTS) is 1. The number of oxazole rings is 1. The van der Waals surface area contributed by atoms with Crippen LogP contribution < -0.4 is 5.32 Å². The van der Waals surface area contributed by atoms with Crippen molar-refractivity contribution >= 4 is 12.0 Å². The monoisotopic (exact) mass is 349 g/mol. The number of hydrogen-bond acceptors (Lipinski definition) is 4. The van der Waals surface area contributed by atoms with Crippen LogP contribution in [0.1, 0.15) is 31.3 Å². The Hall–Kier alpha value is -2.90. The van der Waals surface area contributed by atoms with Crippen LogP contribution in [0.3, 0.4) is 0 Å². The molecule has 0 aliphatic rings. The van der Waals surface area contributed by atoms with Gasteiger partial charge in [0.25, 0.3) is 5.91 Å². The fourth-order valence-corrected chi connectivity index (χ4v) is 2.30. The maximum Gasteiger partial charge on any atom is 0.407 e. The Morgan fingerprint density at radius 2 is 1.92 bits per heavy atom. The number of halogens is 1. The van der Waals surface area contributed by atoms with Crippen LogP contribution in [-0.2, 0) is 0 Å². The first kappa shape index (κ1) is 18.4. The molecule has 2 N–H and O–H groups in total. The molecule has 1 aromatic carbocycles. The van der Waals surface area contributed by atoms with Gasteiger partial charge in [-0.2, -0.15) is 0 Å². The molecule has 1 aromatic heterocycles. The summed E-state index contributed by atoms with van der Waals surface area (Å²) in [6, 6.07) is 5.48. The summed E-state index contributed by atoms with van der Waals surface area (Å²) in [5.74, 6) is -0.666. The molecule has 0 radical (unpaired) electrons. The van der Waals surface area contributed by atoms with Crippen LogP contribution in [0.4, 0.5) is 9.18 Å². The molecule has 25 heavy (non-hydrogen) atoms. The van der Waals surface area contributed by atoms with Gasteiger partial charge in [0.1, 0.15) is 5.82 Å². The normalized spacial score (nSPS) is 11.2. The minimum Gasteiger partial charge on any atom is -0.465 e. The molecule has 0 saturated carbocycles. The lowest BCUT2D eigenvalue weighted by molar-refractivity contribution is 0.0889. The van der Waals surface area contributed by atoms with Crippen LogP contribution in [0.25, 0.3) is 11.3 Å². The number of benzene rings is 1. The van der Waals surface area contributed by atoms with Gasteiger partial charge in [-0.15, -0.1) is 0 Å². The van der Waals surface area contributed by atoms with Gasteiger partial charge < -0.3 is 19.7 Å². The van der Waals surface area contributed by atoms with Crippen molar-refractivity contribution < 1.29 is 23.5 Å². The summed E-state index contributed by atoms with van der Waals surface area (Å²) in [6.07, 6.45) is 0.0712. The van der Waals surface area contributed by atoms with E-state index in [-0.39, 0.29) is 24.5 Å². The fourth-order valence-electron chi connectivity index (χ4n) is 2.30. The molecule has 0 saturated heterocycles. The van der Waals surface area contributed by atoms with Crippen LogP contribution >= 0.6 is 0 Å². The Balaban J connectivity index is 2.04. The van der Waals surface area contributed by atoms with Crippen LogP contribution in [-0.4, -0.2) is 45.6 Å². The van der Waals surface area contributed by atoms with Crippen LogP contribution in [0.2, 0.25) is 0 Å². The third-order valence-electron chi connectivity index (χ3n) is 3.55. The van der Waals surface area contributed by atoms with E-state index in [4.69, 9.17) is 4.42 Å². The maximum atomic E-state index is 13.0. The van der Waals surface area contributed by atoms with Gasteiger partial charge in [-0.1, -0.05) is 0 Å². The first-order valence-corrected chi connectivity index (χ1v) is 7.68. The summed E-state index contributed by atoms with van der Waals surface area (Å²) < 4.78 is 18.2. The first-order chi connectivity index (χ1) is 11.7. The zero-order chi connectivity index (χ0) is 18.6. The summed E-state index contributed by atoms with van der Waals surface area (Å²) in [7, 11) is 0. The Morgan fingerprint density at radius 1 is 1.28 bits per heavy atom. The van der Waals surface area contributed by atoms with Gasteiger partial charge in [-0.05, 0) is 45.0 Å². The van der Waals surface area contributed by atoms with E-state index < -0.39 is 23.4 Å². The third kappa shape index (κ3) is 4.56. The molecule has 7 nitrogen and oxygen atoms in total. The third-order valence-corrected chi connectivity index (χ3v) is 3.55. The van der Waals surface area contributed by atoms with E-state index in [2.05, 4.69) is 10.3 Å². The smallest absolute Gasteiger partial charge is 0.407 e.